The summed E-state index contributed by atoms with van der Waals surface area (Å²) >= 11 is 0. The van der Waals surface area contributed by atoms with Crippen molar-refractivity contribution in [3.63, 3.8) is 0 Å². The van der Waals surface area contributed by atoms with Crippen molar-refractivity contribution in [1.29, 1.82) is 0 Å². The van der Waals surface area contributed by atoms with Gasteiger partial charge >= 0.3 is 12.3 Å². The number of aliphatic carboxylic acids is 1. The average Bonchev–Trinajstić information content (AvgIpc) is 2.34. The standard InChI is InChI=1S/C14H16F3NO4/c1-13(2,7-6-11(19)20)18-12(21)9-4-3-5-10(8-9)22-14(15,16)17/h3-5,8H,6-7H2,1-2H3,(H,18,21)(H,19,20). The number of halogens is 3. The van der Waals surface area contributed by atoms with Crippen LogP contribution in [0.1, 0.15) is 37.0 Å². The van der Waals surface area contributed by atoms with E-state index < -0.39 is 29.5 Å². The van der Waals surface area contributed by atoms with Gasteiger partial charge in [0, 0.05) is 17.5 Å². The van der Waals surface area contributed by atoms with Gasteiger partial charge in [0.05, 0.1) is 0 Å². The lowest BCUT2D eigenvalue weighted by Crippen LogP contribution is -2.43. The van der Waals surface area contributed by atoms with Crippen molar-refractivity contribution in [2.45, 2.75) is 38.6 Å². The molecule has 0 aliphatic heterocycles. The van der Waals surface area contributed by atoms with Crippen molar-refractivity contribution >= 4 is 11.9 Å². The van der Waals surface area contributed by atoms with Crippen LogP contribution in [-0.2, 0) is 4.79 Å². The van der Waals surface area contributed by atoms with Gasteiger partial charge in [-0.3, -0.25) is 9.59 Å². The number of benzene rings is 1. The second-order valence-electron chi connectivity index (χ2n) is 5.31. The van der Waals surface area contributed by atoms with Crippen molar-refractivity contribution in [3.05, 3.63) is 29.8 Å². The Bertz CT molecular complexity index is 555. The SMILES string of the molecule is CC(C)(CCC(=O)O)NC(=O)c1cccc(OC(F)(F)F)c1. The summed E-state index contributed by atoms with van der Waals surface area (Å²) in [6.45, 7) is 3.26. The highest BCUT2D eigenvalue weighted by Gasteiger charge is 2.31. The van der Waals surface area contributed by atoms with Crippen LogP contribution in [0.5, 0.6) is 5.75 Å². The Kier molecular flexibility index (Phi) is 5.40. The molecule has 0 fully saturated rings. The van der Waals surface area contributed by atoms with Crippen molar-refractivity contribution in [3.8, 4) is 5.75 Å². The van der Waals surface area contributed by atoms with E-state index in [1.54, 1.807) is 13.8 Å². The lowest BCUT2D eigenvalue weighted by molar-refractivity contribution is -0.274. The molecule has 0 aromatic heterocycles. The lowest BCUT2D eigenvalue weighted by Gasteiger charge is -2.25. The third-order valence-corrected chi connectivity index (χ3v) is 2.75. The molecule has 22 heavy (non-hydrogen) atoms. The fourth-order valence-corrected chi connectivity index (χ4v) is 1.70. The molecule has 0 radical (unpaired) electrons. The van der Waals surface area contributed by atoms with Gasteiger partial charge < -0.3 is 15.2 Å². The summed E-state index contributed by atoms with van der Waals surface area (Å²) in [6, 6.07) is 4.65. The highest BCUT2D eigenvalue weighted by molar-refractivity contribution is 5.95. The summed E-state index contributed by atoms with van der Waals surface area (Å²) in [7, 11) is 0. The van der Waals surface area contributed by atoms with E-state index in [2.05, 4.69) is 10.1 Å². The number of ether oxygens (including phenoxy) is 1. The molecule has 0 saturated carbocycles. The van der Waals surface area contributed by atoms with E-state index in [0.717, 1.165) is 12.1 Å². The van der Waals surface area contributed by atoms with Crippen molar-refractivity contribution < 1.29 is 32.6 Å². The van der Waals surface area contributed by atoms with Gasteiger partial charge in [0.2, 0.25) is 0 Å². The van der Waals surface area contributed by atoms with Crippen LogP contribution in [0.2, 0.25) is 0 Å². The van der Waals surface area contributed by atoms with Gasteiger partial charge in [-0.1, -0.05) is 6.07 Å². The number of nitrogens with one attached hydrogen (secondary N) is 1. The van der Waals surface area contributed by atoms with E-state index in [9.17, 15) is 22.8 Å². The van der Waals surface area contributed by atoms with Crippen LogP contribution < -0.4 is 10.1 Å². The van der Waals surface area contributed by atoms with E-state index in [1.807, 2.05) is 0 Å². The van der Waals surface area contributed by atoms with Gasteiger partial charge in [-0.25, -0.2) is 0 Å². The molecule has 1 aromatic rings. The van der Waals surface area contributed by atoms with E-state index in [4.69, 9.17) is 5.11 Å². The number of carbonyl (C=O) groups excluding carboxylic acids is 1. The maximum absolute atomic E-state index is 12.1. The zero-order chi connectivity index (χ0) is 17.0. The highest BCUT2D eigenvalue weighted by Crippen LogP contribution is 2.23. The molecule has 1 aromatic carbocycles. The first-order chi connectivity index (χ1) is 9.98. The van der Waals surface area contributed by atoms with E-state index in [-0.39, 0.29) is 18.4 Å². The number of carbonyl (C=O) groups is 2. The molecule has 0 saturated heterocycles. The average molecular weight is 319 g/mol. The van der Waals surface area contributed by atoms with E-state index >= 15 is 0 Å². The van der Waals surface area contributed by atoms with Gasteiger partial charge in [0.25, 0.3) is 5.91 Å². The molecular formula is C14H16F3NO4. The summed E-state index contributed by atoms with van der Waals surface area (Å²) in [4.78, 5) is 22.6. The minimum Gasteiger partial charge on any atom is -0.481 e. The molecule has 0 bridgehead atoms. The molecule has 8 heteroatoms. The normalized spacial score (nSPS) is 11.9. The van der Waals surface area contributed by atoms with Gasteiger partial charge in [-0.15, -0.1) is 13.2 Å². The Morgan fingerprint density at radius 1 is 1.27 bits per heavy atom. The fraction of sp³-hybridized carbons (Fsp3) is 0.429. The molecule has 0 unspecified atom stereocenters. The zero-order valence-electron chi connectivity index (χ0n) is 12.0. The number of carboxylic acids is 1. The molecule has 0 atom stereocenters. The number of hydrogen-bond donors (Lipinski definition) is 2. The molecular weight excluding hydrogens is 303 g/mol. The Morgan fingerprint density at radius 2 is 1.91 bits per heavy atom. The van der Waals surface area contributed by atoms with Crippen LogP contribution in [0.15, 0.2) is 24.3 Å². The summed E-state index contributed by atoms with van der Waals surface area (Å²) in [6.07, 6.45) is -4.78. The van der Waals surface area contributed by atoms with Gasteiger partial charge in [0.15, 0.2) is 0 Å². The third-order valence-electron chi connectivity index (χ3n) is 2.75. The molecule has 0 spiro atoms. The maximum Gasteiger partial charge on any atom is 0.573 e. The Labute approximate surface area is 125 Å². The summed E-state index contributed by atoms with van der Waals surface area (Å²) in [5, 5.41) is 11.2. The maximum atomic E-state index is 12.1. The number of hydrogen-bond acceptors (Lipinski definition) is 3. The van der Waals surface area contributed by atoms with E-state index in [0.29, 0.717) is 0 Å². The summed E-state index contributed by atoms with van der Waals surface area (Å²) in [5.74, 6) is -2.10. The van der Waals surface area contributed by atoms with Gasteiger partial charge in [0.1, 0.15) is 5.75 Å². The van der Waals surface area contributed by atoms with Crippen LogP contribution in [0.25, 0.3) is 0 Å². The first kappa shape index (κ1) is 17.8. The predicted octanol–water partition coefficient (Wildman–Crippen LogP) is 2.96. The Morgan fingerprint density at radius 3 is 2.45 bits per heavy atom. The first-order valence-electron chi connectivity index (χ1n) is 6.39. The predicted molar refractivity (Wildman–Crippen MR) is 71.5 cm³/mol. The van der Waals surface area contributed by atoms with Crippen molar-refractivity contribution in [1.82, 2.24) is 5.32 Å². The Balaban J connectivity index is 2.77. The minimum atomic E-state index is -4.84. The van der Waals surface area contributed by atoms with E-state index in [1.165, 1.54) is 12.1 Å². The summed E-state index contributed by atoms with van der Waals surface area (Å²) < 4.78 is 40.2. The van der Waals surface area contributed by atoms with Gasteiger partial charge in [-0.2, -0.15) is 0 Å². The molecule has 0 heterocycles. The molecule has 5 nitrogen and oxygen atoms in total. The number of alkyl halides is 3. The van der Waals surface area contributed by atoms with Crippen LogP contribution in [-0.4, -0.2) is 28.9 Å². The number of amides is 1. The Hall–Kier alpha value is -2.25. The lowest BCUT2D eigenvalue weighted by atomic mass is 9.97. The molecule has 1 rings (SSSR count). The van der Waals surface area contributed by atoms with Crippen molar-refractivity contribution in [2.24, 2.45) is 0 Å². The second kappa shape index (κ2) is 6.67. The molecule has 0 aliphatic rings. The monoisotopic (exact) mass is 319 g/mol. The molecule has 0 aliphatic carbocycles. The first-order valence-corrected chi connectivity index (χ1v) is 6.39. The fourth-order valence-electron chi connectivity index (χ4n) is 1.70. The zero-order valence-corrected chi connectivity index (χ0v) is 12.0. The van der Waals surface area contributed by atoms with Gasteiger partial charge in [-0.05, 0) is 38.5 Å². The minimum absolute atomic E-state index is 0.00912. The third kappa shape index (κ3) is 6.47. The molecule has 122 valence electrons. The smallest absolute Gasteiger partial charge is 0.481 e. The van der Waals surface area contributed by atoms with Crippen LogP contribution in [0.4, 0.5) is 13.2 Å². The highest BCUT2D eigenvalue weighted by atomic mass is 19.4. The number of carboxylic acid groups (broad SMARTS) is 1. The second-order valence-corrected chi connectivity index (χ2v) is 5.31. The summed E-state index contributed by atoms with van der Waals surface area (Å²) in [5.41, 5.74) is -0.818. The molecule has 2 N–H and O–H groups in total. The quantitative estimate of drug-likeness (QED) is 0.845. The van der Waals surface area contributed by atoms with Crippen LogP contribution >= 0.6 is 0 Å². The largest absolute Gasteiger partial charge is 0.573 e. The number of rotatable bonds is 6. The van der Waals surface area contributed by atoms with Crippen molar-refractivity contribution in [2.75, 3.05) is 0 Å². The van der Waals surface area contributed by atoms with Crippen LogP contribution in [0.3, 0.4) is 0 Å². The topological polar surface area (TPSA) is 75.6 Å². The van der Waals surface area contributed by atoms with Crippen LogP contribution in [0, 0.1) is 0 Å². The molecule has 1 amide bonds.